The van der Waals surface area contributed by atoms with Crippen molar-refractivity contribution in [3.8, 4) is 5.75 Å². The van der Waals surface area contributed by atoms with Crippen molar-refractivity contribution in [2.24, 2.45) is 0 Å². The first-order chi connectivity index (χ1) is 10.1. The number of carbonyl (C=O) groups is 1. The molecule has 1 aromatic heterocycles. The molecular formula is C16H18ClFN2O2. The molecule has 22 heavy (non-hydrogen) atoms. The monoisotopic (exact) mass is 324 g/mol. The predicted octanol–water partition coefficient (Wildman–Crippen LogP) is 3.36. The van der Waals surface area contributed by atoms with Crippen LogP contribution in [0.1, 0.15) is 29.8 Å². The number of ether oxygens (including phenoxy) is 1. The van der Waals surface area contributed by atoms with Crippen LogP contribution >= 0.6 is 12.4 Å². The number of amides is 1. The summed E-state index contributed by atoms with van der Waals surface area (Å²) in [4.78, 5) is 15.7. The van der Waals surface area contributed by atoms with E-state index in [1.807, 2.05) is 13.8 Å². The predicted molar refractivity (Wildman–Crippen MR) is 84.8 cm³/mol. The largest absolute Gasteiger partial charge is 0.488 e. The number of nitrogens with zero attached hydrogens (tertiary/aromatic N) is 1. The minimum atomic E-state index is -0.431. The van der Waals surface area contributed by atoms with Crippen LogP contribution in [0.2, 0.25) is 0 Å². The van der Waals surface area contributed by atoms with Gasteiger partial charge in [0, 0.05) is 24.5 Å². The van der Waals surface area contributed by atoms with Crippen LogP contribution in [0.15, 0.2) is 42.7 Å². The highest BCUT2D eigenvalue weighted by molar-refractivity contribution is 5.93. The molecule has 1 amide bonds. The summed E-state index contributed by atoms with van der Waals surface area (Å²) in [7, 11) is 0. The Bertz CT molecular complexity index is 621. The van der Waals surface area contributed by atoms with Crippen LogP contribution in [0.5, 0.6) is 5.75 Å². The zero-order valence-electron chi connectivity index (χ0n) is 12.4. The molecule has 6 heteroatoms. The van der Waals surface area contributed by atoms with Crippen LogP contribution in [0.3, 0.4) is 0 Å². The van der Waals surface area contributed by atoms with Gasteiger partial charge in [-0.05, 0) is 43.7 Å². The molecule has 0 saturated carbocycles. The number of aromatic nitrogens is 1. The molecule has 0 saturated heterocycles. The van der Waals surface area contributed by atoms with Crippen molar-refractivity contribution in [2.45, 2.75) is 26.5 Å². The average molecular weight is 325 g/mol. The highest BCUT2D eigenvalue weighted by Crippen LogP contribution is 2.19. The van der Waals surface area contributed by atoms with E-state index in [0.29, 0.717) is 11.1 Å². The molecular weight excluding hydrogens is 307 g/mol. The van der Waals surface area contributed by atoms with Crippen molar-refractivity contribution in [3.63, 3.8) is 0 Å². The number of carbonyl (C=O) groups excluding carboxylic acids is 1. The van der Waals surface area contributed by atoms with Gasteiger partial charge in [0.15, 0.2) is 11.6 Å². The van der Waals surface area contributed by atoms with Gasteiger partial charge in [-0.2, -0.15) is 0 Å². The molecule has 0 aliphatic heterocycles. The first-order valence-corrected chi connectivity index (χ1v) is 6.69. The van der Waals surface area contributed by atoms with Crippen molar-refractivity contribution in [1.82, 2.24) is 10.3 Å². The van der Waals surface area contributed by atoms with Crippen molar-refractivity contribution >= 4 is 18.3 Å². The number of hydrogen-bond donors (Lipinski definition) is 1. The van der Waals surface area contributed by atoms with E-state index in [0.717, 1.165) is 0 Å². The quantitative estimate of drug-likeness (QED) is 0.917. The fourth-order valence-electron chi connectivity index (χ4n) is 1.79. The van der Waals surface area contributed by atoms with Crippen LogP contribution in [0.4, 0.5) is 4.39 Å². The average Bonchev–Trinajstić information content (AvgIpc) is 2.48. The minimum absolute atomic E-state index is 0. The Morgan fingerprint density at radius 3 is 2.55 bits per heavy atom. The van der Waals surface area contributed by atoms with Gasteiger partial charge in [-0.1, -0.05) is 6.07 Å². The topological polar surface area (TPSA) is 51.2 Å². The van der Waals surface area contributed by atoms with Gasteiger partial charge in [0.05, 0.1) is 6.10 Å². The smallest absolute Gasteiger partial charge is 0.251 e. The van der Waals surface area contributed by atoms with Crippen LogP contribution < -0.4 is 10.1 Å². The molecule has 0 bridgehead atoms. The molecule has 0 aliphatic carbocycles. The number of nitrogens with one attached hydrogen (secondary N) is 1. The summed E-state index contributed by atoms with van der Waals surface area (Å²) in [6.07, 6.45) is 3.01. The van der Waals surface area contributed by atoms with Crippen LogP contribution in [0, 0.1) is 5.82 Å². The summed E-state index contributed by atoms with van der Waals surface area (Å²) in [5, 5.41) is 2.73. The molecule has 0 unspecified atom stereocenters. The molecule has 1 heterocycles. The molecule has 0 aliphatic rings. The molecule has 0 radical (unpaired) electrons. The second kappa shape index (κ2) is 8.34. The van der Waals surface area contributed by atoms with E-state index in [9.17, 15) is 9.18 Å². The van der Waals surface area contributed by atoms with E-state index in [4.69, 9.17) is 4.74 Å². The highest BCUT2D eigenvalue weighted by atomic mass is 35.5. The third-order valence-corrected chi connectivity index (χ3v) is 2.75. The van der Waals surface area contributed by atoms with Gasteiger partial charge in [0.25, 0.3) is 5.91 Å². The van der Waals surface area contributed by atoms with Crippen LogP contribution in [-0.4, -0.2) is 17.0 Å². The van der Waals surface area contributed by atoms with Gasteiger partial charge >= 0.3 is 0 Å². The molecule has 118 valence electrons. The number of pyridine rings is 1. The van der Waals surface area contributed by atoms with Crippen molar-refractivity contribution in [2.75, 3.05) is 0 Å². The SMILES string of the molecule is CC(C)Oc1ccc(CNC(=O)c2ccncc2)cc1F.Cl. The van der Waals surface area contributed by atoms with Crippen LogP contribution in [0.25, 0.3) is 0 Å². The lowest BCUT2D eigenvalue weighted by atomic mass is 10.2. The van der Waals surface area contributed by atoms with Crippen molar-refractivity contribution in [1.29, 1.82) is 0 Å². The molecule has 2 aromatic rings. The summed E-state index contributed by atoms with van der Waals surface area (Å²) in [5.41, 5.74) is 1.19. The Morgan fingerprint density at radius 1 is 1.27 bits per heavy atom. The Kier molecular flexibility index (Phi) is 6.79. The maximum Gasteiger partial charge on any atom is 0.251 e. The third-order valence-electron chi connectivity index (χ3n) is 2.75. The van der Waals surface area contributed by atoms with Gasteiger partial charge in [-0.3, -0.25) is 9.78 Å². The first-order valence-electron chi connectivity index (χ1n) is 6.69. The van der Waals surface area contributed by atoms with Gasteiger partial charge in [-0.15, -0.1) is 12.4 Å². The fourth-order valence-corrected chi connectivity index (χ4v) is 1.79. The minimum Gasteiger partial charge on any atom is -0.488 e. The van der Waals surface area contributed by atoms with Crippen molar-refractivity contribution in [3.05, 3.63) is 59.7 Å². The van der Waals surface area contributed by atoms with Crippen molar-refractivity contribution < 1.29 is 13.9 Å². The number of rotatable bonds is 5. The van der Waals surface area contributed by atoms with Gasteiger partial charge < -0.3 is 10.1 Å². The Balaban J connectivity index is 0.00000242. The summed E-state index contributed by atoms with van der Waals surface area (Å²) in [6, 6.07) is 7.91. The van der Waals surface area contributed by atoms with E-state index >= 15 is 0 Å². The first kappa shape index (κ1) is 17.9. The van der Waals surface area contributed by atoms with Gasteiger partial charge in [0.1, 0.15) is 0 Å². The molecule has 1 N–H and O–H groups in total. The molecule has 1 aromatic carbocycles. The van der Waals surface area contributed by atoms with E-state index in [2.05, 4.69) is 10.3 Å². The molecule has 2 rings (SSSR count). The van der Waals surface area contributed by atoms with E-state index < -0.39 is 5.82 Å². The Morgan fingerprint density at radius 2 is 1.95 bits per heavy atom. The maximum absolute atomic E-state index is 13.8. The summed E-state index contributed by atoms with van der Waals surface area (Å²) in [5.74, 6) is -0.436. The standard InChI is InChI=1S/C16H17FN2O2.ClH/c1-11(2)21-15-4-3-12(9-14(15)17)10-19-16(20)13-5-7-18-8-6-13;/h3-9,11H,10H2,1-2H3,(H,19,20);1H. The summed E-state index contributed by atoms with van der Waals surface area (Å²) in [6.45, 7) is 3.92. The Hall–Kier alpha value is -2.14. The molecule has 0 atom stereocenters. The lowest BCUT2D eigenvalue weighted by Gasteiger charge is -2.11. The lowest BCUT2D eigenvalue weighted by molar-refractivity contribution is 0.0950. The second-order valence-corrected chi connectivity index (χ2v) is 4.85. The number of hydrogen-bond acceptors (Lipinski definition) is 3. The second-order valence-electron chi connectivity index (χ2n) is 4.85. The highest BCUT2D eigenvalue weighted by Gasteiger charge is 2.08. The number of benzene rings is 1. The maximum atomic E-state index is 13.8. The fraction of sp³-hybridized carbons (Fsp3) is 0.250. The normalized spacial score (nSPS) is 10.0. The summed E-state index contributed by atoms with van der Waals surface area (Å²) >= 11 is 0. The van der Waals surface area contributed by atoms with E-state index in [-0.39, 0.29) is 36.7 Å². The lowest BCUT2D eigenvalue weighted by Crippen LogP contribution is -2.22. The zero-order valence-corrected chi connectivity index (χ0v) is 13.2. The van der Waals surface area contributed by atoms with Crippen LogP contribution in [-0.2, 0) is 6.54 Å². The summed E-state index contributed by atoms with van der Waals surface area (Å²) < 4.78 is 19.1. The van der Waals surface area contributed by atoms with E-state index in [1.165, 1.54) is 6.07 Å². The van der Waals surface area contributed by atoms with Gasteiger partial charge in [-0.25, -0.2) is 4.39 Å². The Labute approximate surface area is 135 Å². The van der Waals surface area contributed by atoms with E-state index in [1.54, 1.807) is 36.7 Å². The van der Waals surface area contributed by atoms with Gasteiger partial charge in [0.2, 0.25) is 0 Å². The third kappa shape index (κ3) is 5.00. The molecule has 0 spiro atoms. The molecule has 0 fully saturated rings. The zero-order chi connectivity index (χ0) is 15.2. The number of halogens is 2. The molecule has 4 nitrogen and oxygen atoms in total.